The Morgan fingerprint density at radius 1 is 1.36 bits per heavy atom. The van der Waals surface area contributed by atoms with Crippen molar-refractivity contribution in [2.45, 2.75) is 26.0 Å². The Morgan fingerprint density at radius 2 is 2.07 bits per heavy atom. The van der Waals surface area contributed by atoms with E-state index in [1.807, 2.05) is 0 Å². The number of amides is 2. The van der Waals surface area contributed by atoms with E-state index in [9.17, 15) is 19.5 Å². The van der Waals surface area contributed by atoms with Crippen LogP contribution in [-0.2, 0) is 27.9 Å². The second kappa shape index (κ2) is 8.17. The highest BCUT2D eigenvalue weighted by Crippen LogP contribution is 2.17. The van der Waals surface area contributed by atoms with Crippen molar-refractivity contribution in [1.29, 1.82) is 0 Å². The standard InChI is InChI=1S/C18H20N4O6/c1-11(23)12-3-5-13(6-4-12)19-16(24)9-15-17(25)22(7-8-27-15)10-14-18(26)28-20-21(14)2/h3-6,15H,7-10H2,1-2H3,(H-,19,20,23,24,26). The van der Waals surface area contributed by atoms with Crippen molar-refractivity contribution < 1.29 is 33.4 Å². The number of Topliss-reactive ketones (excluding diaryl/α,β-unsaturated/α-hetero) is 1. The number of nitrogens with one attached hydrogen (secondary N) is 1. The summed E-state index contributed by atoms with van der Waals surface area (Å²) in [5.74, 6) is -1.45. The number of aryl methyl sites for hydroxylation is 1. The third kappa shape index (κ3) is 4.34. The minimum atomic E-state index is -0.939. The summed E-state index contributed by atoms with van der Waals surface area (Å²) in [6.45, 7) is 2.04. The number of ether oxygens (including phenoxy) is 1. The van der Waals surface area contributed by atoms with Gasteiger partial charge >= 0.3 is 0 Å². The highest BCUT2D eigenvalue weighted by atomic mass is 16.6. The van der Waals surface area contributed by atoms with Gasteiger partial charge in [-0.25, -0.2) is 0 Å². The number of morpholine rings is 1. The molecule has 10 nitrogen and oxygen atoms in total. The van der Waals surface area contributed by atoms with Crippen LogP contribution in [0.4, 0.5) is 5.69 Å². The molecule has 0 bridgehead atoms. The molecule has 1 aliphatic rings. The van der Waals surface area contributed by atoms with Crippen molar-refractivity contribution >= 4 is 23.3 Å². The zero-order valence-electron chi connectivity index (χ0n) is 15.5. The summed E-state index contributed by atoms with van der Waals surface area (Å²) >= 11 is 0. The van der Waals surface area contributed by atoms with Gasteiger partial charge in [-0.3, -0.25) is 14.4 Å². The Balaban J connectivity index is 1.59. The highest BCUT2D eigenvalue weighted by Gasteiger charge is 2.33. The minimum Gasteiger partial charge on any atom is -0.539 e. The normalized spacial score (nSPS) is 16.9. The first kappa shape index (κ1) is 19.5. The lowest BCUT2D eigenvalue weighted by atomic mass is 10.1. The summed E-state index contributed by atoms with van der Waals surface area (Å²) in [4.78, 5) is 37.6. The minimum absolute atomic E-state index is 0.0334. The Morgan fingerprint density at radius 3 is 2.68 bits per heavy atom. The van der Waals surface area contributed by atoms with Crippen molar-refractivity contribution in [2.75, 3.05) is 18.5 Å². The molecule has 10 heteroatoms. The van der Waals surface area contributed by atoms with E-state index < -0.39 is 18.0 Å². The summed E-state index contributed by atoms with van der Waals surface area (Å²) in [6.07, 6.45) is -1.10. The van der Waals surface area contributed by atoms with Crippen LogP contribution >= 0.6 is 0 Å². The van der Waals surface area contributed by atoms with Gasteiger partial charge in [-0.1, -0.05) is 4.68 Å². The molecule has 1 aliphatic heterocycles. The van der Waals surface area contributed by atoms with Gasteiger partial charge in [0, 0.05) is 17.8 Å². The zero-order valence-corrected chi connectivity index (χ0v) is 15.5. The van der Waals surface area contributed by atoms with Crippen LogP contribution in [0.2, 0.25) is 0 Å². The van der Waals surface area contributed by atoms with Gasteiger partial charge < -0.3 is 24.6 Å². The van der Waals surface area contributed by atoms with Crippen molar-refractivity contribution in [3.05, 3.63) is 35.5 Å². The highest BCUT2D eigenvalue weighted by molar-refractivity contribution is 5.97. The average molecular weight is 388 g/mol. The number of anilines is 1. The molecule has 0 aliphatic carbocycles. The molecule has 0 radical (unpaired) electrons. The van der Waals surface area contributed by atoms with E-state index in [1.165, 1.54) is 16.5 Å². The SMILES string of the molecule is CC(=O)c1ccc(NC(=O)CC2OCCN(Cc3c([O-])on[n+]3C)C2=O)cc1. The Bertz CT molecular complexity index is 872. The van der Waals surface area contributed by atoms with Crippen LogP contribution in [0.5, 0.6) is 5.95 Å². The number of rotatable bonds is 6. The number of aromatic nitrogens is 2. The molecule has 1 unspecified atom stereocenters. The molecule has 2 amide bonds. The van der Waals surface area contributed by atoms with Gasteiger partial charge in [0.05, 0.1) is 18.3 Å². The first-order valence-electron chi connectivity index (χ1n) is 8.68. The predicted molar refractivity (Wildman–Crippen MR) is 92.0 cm³/mol. The van der Waals surface area contributed by atoms with E-state index >= 15 is 0 Å². The van der Waals surface area contributed by atoms with Gasteiger partial charge in [0.2, 0.25) is 5.91 Å². The van der Waals surface area contributed by atoms with Crippen LogP contribution in [-0.4, -0.2) is 47.0 Å². The van der Waals surface area contributed by atoms with Crippen molar-refractivity contribution in [2.24, 2.45) is 7.05 Å². The maximum atomic E-state index is 12.6. The van der Waals surface area contributed by atoms with E-state index in [-0.39, 0.29) is 37.0 Å². The van der Waals surface area contributed by atoms with E-state index in [0.29, 0.717) is 17.8 Å². The quantitative estimate of drug-likeness (QED) is 0.523. The molecule has 1 N–H and O–H groups in total. The van der Waals surface area contributed by atoms with E-state index in [2.05, 4.69) is 15.1 Å². The second-order valence-corrected chi connectivity index (χ2v) is 6.44. The van der Waals surface area contributed by atoms with E-state index in [4.69, 9.17) is 4.74 Å². The fourth-order valence-electron chi connectivity index (χ4n) is 2.84. The molecule has 1 fully saturated rings. The van der Waals surface area contributed by atoms with Crippen LogP contribution in [0.1, 0.15) is 29.4 Å². The van der Waals surface area contributed by atoms with Gasteiger partial charge in [-0.15, -0.1) is 0 Å². The number of hydrogen-bond acceptors (Lipinski definition) is 7. The molecule has 0 spiro atoms. The molecule has 148 valence electrons. The lowest BCUT2D eigenvalue weighted by molar-refractivity contribution is -0.746. The molecular weight excluding hydrogens is 368 g/mol. The molecule has 1 atom stereocenters. The van der Waals surface area contributed by atoms with Gasteiger partial charge in [0.1, 0.15) is 12.6 Å². The lowest BCUT2D eigenvalue weighted by Gasteiger charge is -2.31. The van der Waals surface area contributed by atoms with Crippen molar-refractivity contribution in [3.63, 3.8) is 0 Å². The Labute approximate surface area is 160 Å². The molecule has 1 saturated heterocycles. The summed E-state index contributed by atoms with van der Waals surface area (Å²) in [6, 6.07) is 6.46. The molecule has 0 saturated carbocycles. The molecule has 2 heterocycles. The van der Waals surface area contributed by atoms with Gasteiger partial charge in [0.15, 0.2) is 18.8 Å². The van der Waals surface area contributed by atoms with Crippen LogP contribution in [0.15, 0.2) is 28.8 Å². The molecule has 1 aromatic carbocycles. The third-order valence-corrected chi connectivity index (χ3v) is 4.43. The summed E-state index contributed by atoms with van der Waals surface area (Å²) < 4.78 is 11.3. The average Bonchev–Trinajstić information content (AvgIpc) is 2.97. The van der Waals surface area contributed by atoms with Crippen molar-refractivity contribution in [3.8, 4) is 5.95 Å². The molecular formula is C18H20N4O6. The zero-order chi connectivity index (χ0) is 20.3. The monoisotopic (exact) mass is 388 g/mol. The molecule has 28 heavy (non-hydrogen) atoms. The topological polar surface area (TPSA) is 129 Å². The largest absolute Gasteiger partial charge is 0.539 e. The van der Waals surface area contributed by atoms with Gasteiger partial charge in [0.25, 0.3) is 11.6 Å². The Kier molecular flexibility index (Phi) is 5.69. The number of ketones is 1. The van der Waals surface area contributed by atoms with Crippen LogP contribution in [0.25, 0.3) is 0 Å². The molecule has 2 aromatic rings. The maximum Gasteiger partial charge on any atom is 0.252 e. The van der Waals surface area contributed by atoms with Crippen LogP contribution in [0, 0.1) is 0 Å². The third-order valence-electron chi connectivity index (χ3n) is 4.43. The summed E-state index contributed by atoms with van der Waals surface area (Å²) in [7, 11) is 1.55. The first-order chi connectivity index (χ1) is 13.3. The summed E-state index contributed by atoms with van der Waals surface area (Å²) in [5, 5.41) is 17.8. The van der Waals surface area contributed by atoms with Crippen molar-refractivity contribution in [1.82, 2.24) is 10.2 Å². The van der Waals surface area contributed by atoms with E-state index in [0.717, 1.165) is 0 Å². The number of benzene rings is 1. The summed E-state index contributed by atoms with van der Waals surface area (Å²) in [5.41, 5.74) is 1.30. The van der Waals surface area contributed by atoms with Gasteiger partial charge in [-0.05, 0) is 31.2 Å². The maximum absolute atomic E-state index is 12.6. The lowest BCUT2D eigenvalue weighted by Crippen LogP contribution is -2.50. The fraction of sp³-hybridized carbons (Fsp3) is 0.389. The van der Waals surface area contributed by atoms with Crippen LogP contribution in [0.3, 0.4) is 0 Å². The van der Waals surface area contributed by atoms with Gasteiger partial charge in [-0.2, -0.15) is 0 Å². The Hall–Kier alpha value is -3.27. The first-order valence-corrected chi connectivity index (χ1v) is 8.68. The second-order valence-electron chi connectivity index (χ2n) is 6.44. The molecule has 1 aromatic heterocycles. The number of carbonyl (C=O) groups is 3. The van der Waals surface area contributed by atoms with Crippen LogP contribution < -0.4 is 15.1 Å². The smallest absolute Gasteiger partial charge is 0.252 e. The van der Waals surface area contributed by atoms with E-state index in [1.54, 1.807) is 31.3 Å². The number of nitrogens with zero attached hydrogens (tertiary/aromatic N) is 3. The number of hydrogen-bond donors (Lipinski definition) is 1. The fourth-order valence-corrected chi connectivity index (χ4v) is 2.84. The molecule has 3 rings (SSSR count). The predicted octanol–water partition coefficient (Wildman–Crippen LogP) is -0.468. The number of carbonyl (C=O) groups excluding carboxylic acids is 3.